The normalized spacial score (nSPS) is 16.3. The van der Waals surface area contributed by atoms with E-state index in [0.717, 1.165) is 29.5 Å². The topological polar surface area (TPSA) is 42.2 Å². The lowest BCUT2D eigenvalue weighted by atomic mass is 10.3. The summed E-state index contributed by atoms with van der Waals surface area (Å²) in [5, 5.41) is 5.52. The van der Waals surface area contributed by atoms with E-state index in [2.05, 4.69) is 22.0 Å². The Bertz CT molecular complexity index is 321. The van der Waals surface area contributed by atoms with Crippen LogP contribution in [0.2, 0.25) is 0 Å². The lowest BCUT2D eigenvalue weighted by Gasteiger charge is -2.17. The molecule has 3 nitrogen and oxygen atoms in total. The Morgan fingerprint density at radius 1 is 1.36 bits per heavy atom. The third-order valence-electron chi connectivity index (χ3n) is 2.58. The molecule has 2 N–H and O–H groups in total. The van der Waals surface area contributed by atoms with E-state index in [1.54, 1.807) is 0 Å². The van der Waals surface area contributed by atoms with E-state index in [1.807, 2.05) is 6.92 Å². The number of rotatable bonds is 2. The molecule has 4 heteroatoms. The summed E-state index contributed by atoms with van der Waals surface area (Å²) < 4.78 is 0. The number of nitrogens with zero attached hydrogens (tertiary/aromatic N) is 2. The zero-order chi connectivity index (χ0) is 9.97. The van der Waals surface area contributed by atoms with Crippen molar-refractivity contribution in [2.45, 2.75) is 24.7 Å². The monoisotopic (exact) mass is 209 g/mol. The SMILES string of the molecule is Cc1nc(N2CCCC2)ccc1SN. The predicted molar refractivity (Wildman–Crippen MR) is 60.5 cm³/mol. The van der Waals surface area contributed by atoms with Crippen molar-refractivity contribution < 1.29 is 0 Å². The average molecular weight is 209 g/mol. The minimum Gasteiger partial charge on any atom is -0.357 e. The number of anilines is 1. The van der Waals surface area contributed by atoms with Gasteiger partial charge in [-0.25, -0.2) is 4.98 Å². The largest absolute Gasteiger partial charge is 0.357 e. The average Bonchev–Trinajstić information content (AvgIpc) is 2.70. The molecule has 76 valence electrons. The lowest BCUT2D eigenvalue weighted by Crippen LogP contribution is -2.19. The Balaban J connectivity index is 2.23. The van der Waals surface area contributed by atoms with Crippen LogP contribution >= 0.6 is 11.9 Å². The quantitative estimate of drug-likeness (QED) is 0.756. The van der Waals surface area contributed by atoms with Gasteiger partial charge in [-0.3, -0.25) is 5.14 Å². The summed E-state index contributed by atoms with van der Waals surface area (Å²) in [6.07, 6.45) is 2.57. The summed E-state index contributed by atoms with van der Waals surface area (Å²) in [6.45, 7) is 4.29. The van der Waals surface area contributed by atoms with Crippen LogP contribution in [0.1, 0.15) is 18.5 Å². The fraction of sp³-hybridized carbons (Fsp3) is 0.500. The fourth-order valence-electron chi connectivity index (χ4n) is 1.78. The van der Waals surface area contributed by atoms with Crippen LogP contribution in [0.5, 0.6) is 0 Å². The van der Waals surface area contributed by atoms with E-state index in [-0.39, 0.29) is 0 Å². The molecule has 0 aromatic carbocycles. The summed E-state index contributed by atoms with van der Waals surface area (Å²) in [4.78, 5) is 7.95. The molecule has 0 atom stereocenters. The van der Waals surface area contributed by atoms with Crippen molar-refractivity contribution in [1.29, 1.82) is 0 Å². The van der Waals surface area contributed by atoms with Crippen LogP contribution in [-0.4, -0.2) is 18.1 Å². The molecule has 1 aromatic rings. The van der Waals surface area contributed by atoms with Gasteiger partial charge in [-0.1, -0.05) is 0 Å². The van der Waals surface area contributed by atoms with Gasteiger partial charge in [0.1, 0.15) is 5.82 Å². The van der Waals surface area contributed by atoms with Crippen LogP contribution in [-0.2, 0) is 0 Å². The first-order chi connectivity index (χ1) is 6.81. The molecule has 1 aliphatic rings. The number of aryl methyl sites for hydroxylation is 1. The van der Waals surface area contributed by atoms with E-state index in [0.29, 0.717) is 0 Å². The molecule has 0 unspecified atom stereocenters. The predicted octanol–water partition coefficient (Wildman–Crippen LogP) is 1.96. The first-order valence-corrected chi connectivity index (χ1v) is 5.78. The third-order valence-corrected chi connectivity index (χ3v) is 3.27. The summed E-state index contributed by atoms with van der Waals surface area (Å²) in [5.41, 5.74) is 1.03. The first kappa shape index (κ1) is 9.80. The number of pyridine rings is 1. The summed E-state index contributed by atoms with van der Waals surface area (Å²) in [5.74, 6) is 1.10. The smallest absolute Gasteiger partial charge is 0.128 e. The molecule has 14 heavy (non-hydrogen) atoms. The van der Waals surface area contributed by atoms with Crippen molar-refractivity contribution in [3.63, 3.8) is 0 Å². The number of nitrogens with two attached hydrogens (primary N) is 1. The molecule has 0 aliphatic carbocycles. The molecule has 2 heterocycles. The molecule has 0 saturated carbocycles. The third kappa shape index (κ3) is 1.86. The van der Waals surface area contributed by atoms with E-state index >= 15 is 0 Å². The number of hydrogen-bond acceptors (Lipinski definition) is 4. The minimum atomic E-state index is 1.03. The van der Waals surface area contributed by atoms with E-state index in [9.17, 15) is 0 Å². The van der Waals surface area contributed by atoms with Crippen molar-refractivity contribution in [2.75, 3.05) is 18.0 Å². The van der Waals surface area contributed by atoms with Crippen LogP contribution < -0.4 is 10.0 Å². The molecule has 0 spiro atoms. The highest BCUT2D eigenvalue weighted by molar-refractivity contribution is 7.97. The van der Waals surface area contributed by atoms with Crippen molar-refractivity contribution in [1.82, 2.24) is 4.98 Å². The summed E-state index contributed by atoms with van der Waals surface area (Å²) in [7, 11) is 0. The van der Waals surface area contributed by atoms with Crippen LogP contribution in [0.3, 0.4) is 0 Å². The maximum absolute atomic E-state index is 5.52. The number of aromatic nitrogens is 1. The Morgan fingerprint density at radius 2 is 2.07 bits per heavy atom. The lowest BCUT2D eigenvalue weighted by molar-refractivity contribution is 0.920. The Kier molecular flexibility index (Phi) is 2.93. The van der Waals surface area contributed by atoms with E-state index in [4.69, 9.17) is 5.14 Å². The van der Waals surface area contributed by atoms with Gasteiger partial charge in [0.05, 0.1) is 5.69 Å². The Morgan fingerprint density at radius 3 is 2.64 bits per heavy atom. The zero-order valence-corrected chi connectivity index (χ0v) is 9.18. The molecule has 0 radical (unpaired) electrons. The Hall–Kier alpha value is -0.740. The van der Waals surface area contributed by atoms with Gasteiger partial charge in [-0.2, -0.15) is 0 Å². The van der Waals surface area contributed by atoms with E-state index in [1.165, 1.54) is 24.8 Å². The van der Waals surface area contributed by atoms with Gasteiger partial charge in [-0.15, -0.1) is 0 Å². The standard InChI is InChI=1S/C10H15N3S/c1-8-9(14-11)4-5-10(12-8)13-6-2-3-7-13/h4-5H,2-3,6-7,11H2,1H3. The molecule has 1 fully saturated rings. The molecular weight excluding hydrogens is 194 g/mol. The highest BCUT2D eigenvalue weighted by Crippen LogP contribution is 2.22. The second-order valence-corrected chi connectivity index (χ2v) is 4.24. The number of hydrogen-bond donors (Lipinski definition) is 1. The van der Waals surface area contributed by atoms with E-state index < -0.39 is 0 Å². The molecule has 1 aliphatic heterocycles. The van der Waals surface area contributed by atoms with Crippen molar-refractivity contribution in [3.8, 4) is 0 Å². The molecule has 0 amide bonds. The molecule has 1 saturated heterocycles. The summed E-state index contributed by atoms with van der Waals surface area (Å²) in [6, 6.07) is 4.12. The van der Waals surface area contributed by atoms with Crippen LogP contribution in [0, 0.1) is 6.92 Å². The first-order valence-electron chi connectivity index (χ1n) is 4.90. The van der Waals surface area contributed by atoms with Crippen molar-refractivity contribution >= 4 is 17.8 Å². The molecule has 1 aromatic heterocycles. The van der Waals surface area contributed by atoms with Gasteiger partial charge < -0.3 is 4.90 Å². The van der Waals surface area contributed by atoms with Gasteiger partial charge in [0.25, 0.3) is 0 Å². The van der Waals surface area contributed by atoms with Crippen LogP contribution in [0.4, 0.5) is 5.82 Å². The minimum absolute atomic E-state index is 1.03. The second-order valence-electron chi connectivity index (χ2n) is 3.57. The maximum atomic E-state index is 5.52. The maximum Gasteiger partial charge on any atom is 0.128 e. The van der Waals surface area contributed by atoms with Gasteiger partial charge in [0.15, 0.2) is 0 Å². The van der Waals surface area contributed by atoms with Gasteiger partial charge in [0.2, 0.25) is 0 Å². The summed E-state index contributed by atoms with van der Waals surface area (Å²) >= 11 is 1.27. The van der Waals surface area contributed by atoms with Crippen molar-refractivity contribution in [2.24, 2.45) is 5.14 Å². The van der Waals surface area contributed by atoms with Gasteiger partial charge in [0, 0.05) is 18.0 Å². The highest BCUT2D eigenvalue weighted by Gasteiger charge is 2.13. The van der Waals surface area contributed by atoms with Gasteiger partial charge in [-0.05, 0) is 43.8 Å². The van der Waals surface area contributed by atoms with Crippen molar-refractivity contribution in [3.05, 3.63) is 17.8 Å². The molecule has 2 rings (SSSR count). The Labute approximate surface area is 88.8 Å². The highest BCUT2D eigenvalue weighted by atomic mass is 32.2. The fourth-order valence-corrected chi connectivity index (χ4v) is 2.14. The second kappa shape index (κ2) is 4.19. The molecule has 0 bridgehead atoms. The van der Waals surface area contributed by atoms with Crippen LogP contribution in [0.25, 0.3) is 0 Å². The van der Waals surface area contributed by atoms with Gasteiger partial charge >= 0.3 is 0 Å². The molecular formula is C10H15N3S. The zero-order valence-electron chi connectivity index (χ0n) is 8.36. The van der Waals surface area contributed by atoms with Crippen LogP contribution in [0.15, 0.2) is 17.0 Å².